The highest BCUT2D eigenvalue weighted by atomic mass is 35.5. The number of rotatable bonds is 2. The molecule has 0 bridgehead atoms. The number of anilines is 1. The zero-order valence-corrected chi connectivity index (χ0v) is 10.2. The second-order valence-corrected chi connectivity index (χ2v) is 4.09. The minimum atomic E-state index is -0.121. The number of urea groups is 1. The van der Waals surface area contributed by atoms with Crippen LogP contribution in [0.3, 0.4) is 0 Å². The predicted octanol–water partition coefficient (Wildman–Crippen LogP) is 1.89. The van der Waals surface area contributed by atoms with Gasteiger partial charge in [0.15, 0.2) is 0 Å². The van der Waals surface area contributed by atoms with Crippen molar-refractivity contribution in [2.45, 2.75) is 6.54 Å². The number of hydrogen-bond acceptors (Lipinski definition) is 2. The zero-order valence-electron chi connectivity index (χ0n) is 9.40. The van der Waals surface area contributed by atoms with Crippen LogP contribution in [0.2, 0.25) is 0 Å². The second-order valence-electron chi connectivity index (χ2n) is 3.83. The molecule has 0 unspecified atom stereocenters. The van der Waals surface area contributed by atoms with Gasteiger partial charge < -0.3 is 16.0 Å². The van der Waals surface area contributed by atoms with Crippen LogP contribution in [0.1, 0.15) is 5.56 Å². The number of hydrogen-bond donors (Lipinski definition) is 2. The number of nitrogens with zero attached hydrogens (tertiary/aromatic N) is 2. The third kappa shape index (κ3) is 2.34. The molecule has 2 amide bonds. The van der Waals surface area contributed by atoms with Crippen LogP contribution in [-0.4, -0.2) is 29.7 Å². The zero-order chi connectivity index (χ0) is 12.4. The topological polar surface area (TPSA) is 70.7 Å². The largest absolute Gasteiger partial charge is 0.386 e. The average molecular weight is 253 g/mol. The molecule has 3 N–H and O–H groups in total. The molecule has 6 heteroatoms. The lowest BCUT2D eigenvalue weighted by Crippen LogP contribution is -2.35. The molecule has 1 aromatic rings. The first-order chi connectivity index (χ1) is 8.11. The second kappa shape index (κ2) is 4.63. The minimum Gasteiger partial charge on any atom is -0.386 e. The normalized spacial score (nSPS) is 15.5. The number of nitrogens with two attached hydrogens (primary N) is 1. The molecule has 0 fully saturated rings. The molecule has 1 aliphatic rings. The summed E-state index contributed by atoms with van der Waals surface area (Å²) < 4.78 is 0. The molecule has 5 nitrogen and oxygen atoms in total. The van der Waals surface area contributed by atoms with E-state index < -0.39 is 0 Å². The predicted molar refractivity (Wildman–Crippen MR) is 68.9 cm³/mol. The van der Waals surface area contributed by atoms with Crippen LogP contribution in [0.15, 0.2) is 23.2 Å². The fourth-order valence-corrected chi connectivity index (χ4v) is 1.73. The van der Waals surface area contributed by atoms with Gasteiger partial charge in [-0.25, -0.2) is 9.79 Å². The lowest BCUT2D eigenvalue weighted by molar-refractivity contribution is 0.218. The maximum Gasteiger partial charge on any atom is 0.321 e. The molecule has 0 spiro atoms. The van der Waals surface area contributed by atoms with Gasteiger partial charge >= 0.3 is 6.03 Å². The summed E-state index contributed by atoms with van der Waals surface area (Å²) in [5.41, 5.74) is 8.08. The van der Waals surface area contributed by atoms with E-state index in [4.69, 9.17) is 17.3 Å². The van der Waals surface area contributed by atoms with Crippen LogP contribution in [0.5, 0.6) is 0 Å². The van der Waals surface area contributed by atoms with Gasteiger partial charge in [-0.1, -0.05) is 6.07 Å². The summed E-state index contributed by atoms with van der Waals surface area (Å²) >= 11 is 5.60. The molecule has 0 atom stereocenters. The van der Waals surface area contributed by atoms with E-state index in [1.807, 2.05) is 18.2 Å². The molecular formula is C11H13ClN4O. The molecule has 1 heterocycles. The van der Waals surface area contributed by atoms with Gasteiger partial charge in [-0.3, -0.25) is 0 Å². The number of fused-ring (bicyclic) bond motifs is 1. The summed E-state index contributed by atoms with van der Waals surface area (Å²) in [7, 11) is 1.73. The van der Waals surface area contributed by atoms with Crippen LogP contribution in [-0.2, 0) is 6.54 Å². The SMILES string of the molecule is CN1Cc2c(N=C(N)CCl)cccc2NC1=O. The van der Waals surface area contributed by atoms with Gasteiger partial charge in [-0.15, -0.1) is 11.6 Å². The van der Waals surface area contributed by atoms with Crippen molar-refractivity contribution in [2.75, 3.05) is 18.2 Å². The number of aliphatic imine (C=N–C) groups is 1. The highest BCUT2D eigenvalue weighted by Gasteiger charge is 2.21. The fourth-order valence-electron chi connectivity index (χ4n) is 1.67. The van der Waals surface area contributed by atoms with Crippen molar-refractivity contribution in [3.8, 4) is 0 Å². The van der Waals surface area contributed by atoms with E-state index in [0.29, 0.717) is 12.4 Å². The number of alkyl halides is 1. The summed E-state index contributed by atoms with van der Waals surface area (Å²) in [6, 6.07) is 5.40. The monoisotopic (exact) mass is 252 g/mol. The molecule has 0 radical (unpaired) electrons. The Morgan fingerprint density at radius 2 is 2.41 bits per heavy atom. The van der Waals surface area contributed by atoms with Crippen molar-refractivity contribution >= 4 is 34.8 Å². The Hall–Kier alpha value is -1.75. The standard InChI is InChI=1S/C11H13ClN4O/c1-16-6-7-8(14-10(13)5-12)3-2-4-9(7)15-11(16)17/h2-4H,5-6H2,1H3,(H2,13,14)(H,15,17). The molecule has 2 rings (SSSR count). The molecule has 0 saturated heterocycles. The van der Waals surface area contributed by atoms with Crippen molar-refractivity contribution in [3.63, 3.8) is 0 Å². The number of nitrogens with one attached hydrogen (secondary N) is 1. The van der Waals surface area contributed by atoms with E-state index in [2.05, 4.69) is 10.3 Å². The maximum absolute atomic E-state index is 11.5. The Morgan fingerprint density at radius 3 is 3.12 bits per heavy atom. The fraction of sp³-hybridized carbons (Fsp3) is 0.273. The Balaban J connectivity index is 2.44. The lowest BCUT2D eigenvalue weighted by Gasteiger charge is -2.26. The summed E-state index contributed by atoms with van der Waals surface area (Å²) in [4.78, 5) is 17.3. The molecule has 1 aromatic carbocycles. The highest BCUT2D eigenvalue weighted by Crippen LogP contribution is 2.31. The number of benzene rings is 1. The van der Waals surface area contributed by atoms with Crippen molar-refractivity contribution in [3.05, 3.63) is 23.8 Å². The van der Waals surface area contributed by atoms with Gasteiger partial charge in [0.25, 0.3) is 0 Å². The molecule has 90 valence electrons. The number of halogens is 1. The summed E-state index contributed by atoms with van der Waals surface area (Å²) in [6.45, 7) is 0.510. The van der Waals surface area contributed by atoms with Gasteiger partial charge in [0.1, 0.15) is 5.84 Å². The van der Waals surface area contributed by atoms with E-state index in [0.717, 1.165) is 16.9 Å². The Bertz CT molecular complexity index is 486. The maximum atomic E-state index is 11.5. The molecule has 0 saturated carbocycles. The van der Waals surface area contributed by atoms with E-state index in [1.165, 1.54) is 0 Å². The first-order valence-electron chi connectivity index (χ1n) is 5.15. The van der Waals surface area contributed by atoms with Crippen LogP contribution >= 0.6 is 11.6 Å². The van der Waals surface area contributed by atoms with Crippen LogP contribution in [0.4, 0.5) is 16.2 Å². The van der Waals surface area contributed by atoms with Crippen molar-refractivity contribution in [1.82, 2.24) is 4.90 Å². The molecule has 0 aromatic heterocycles. The molecular weight excluding hydrogens is 240 g/mol. The van der Waals surface area contributed by atoms with Crippen molar-refractivity contribution in [1.29, 1.82) is 0 Å². The Labute approximate surface area is 104 Å². The minimum absolute atomic E-state index is 0.121. The van der Waals surface area contributed by atoms with Crippen LogP contribution in [0.25, 0.3) is 0 Å². The average Bonchev–Trinajstić information content (AvgIpc) is 2.31. The number of carbonyl (C=O) groups excluding carboxylic acids is 1. The third-order valence-electron chi connectivity index (χ3n) is 2.54. The summed E-state index contributed by atoms with van der Waals surface area (Å²) in [5.74, 6) is 0.547. The molecule has 1 aliphatic heterocycles. The summed E-state index contributed by atoms with van der Waals surface area (Å²) in [5, 5.41) is 2.79. The number of carbonyl (C=O) groups is 1. The van der Waals surface area contributed by atoms with Gasteiger partial charge in [-0.05, 0) is 12.1 Å². The van der Waals surface area contributed by atoms with E-state index in [9.17, 15) is 4.79 Å². The third-order valence-corrected chi connectivity index (χ3v) is 2.81. The van der Waals surface area contributed by atoms with Crippen molar-refractivity contribution in [2.24, 2.45) is 10.7 Å². The van der Waals surface area contributed by atoms with E-state index in [-0.39, 0.29) is 11.9 Å². The van der Waals surface area contributed by atoms with Crippen LogP contribution in [0, 0.1) is 0 Å². The van der Waals surface area contributed by atoms with E-state index in [1.54, 1.807) is 11.9 Å². The van der Waals surface area contributed by atoms with E-state index >= 15 is 0 Å². The smallest absolute Gasteiger partial charge is 0.321 e. The molecule has 17 heavy (non-hydrogen) atoms. The van der Waals surface area contributed by atoms with Gasteiger partial charge in [0.05, 0.1) is 18.1 Å². The van der Waals surface area contributed by atoms with Gasteiger partial charge in [-0.2, -0.15) is 0 Å². The molecule has 0 aliphatic carbocycles. The Morgan fingerprint density at radius 1 is 1.65 bits per heavy atom. The quantitative estimate of drug-likeness (QED) is 0.479. The first-order valence-corrected chi connectivity index (χ1v) is 5.68. The van der Waals surface area contributed by atoms with Gasteiger partial charge in [0, 0.05) is 18.3 Å². The number of amides is 2. The lowest BCUT2D eigenvalue weighted by atomic mass is 10.1. The van der Waals surface area contributed by atoms with Crippen molar-refractivity contribution < 1.29 is 4.79 Å². The van der Waals surface area contributed by atoms with Gasteiger partial charge in [0.2, 0.25) is 0 Å². The number of amidine groups is 1. The Kier molecular flexibility index (Phi) is 3.19. The summed E-state index contributed by atoms with van der Waals surface area (Å²) in [6.07, 6.45) is 0. The highest BCUT2D eigenvalue weighted by molar-refractivity contribution is 6.28. The van der Waals surface area contributed by atoms with Crippen LogP contribution < -0.4 is 11.1 Å². The first kappa shape index (κ1) is 11.7.